The summed E-state index contributed by atoms with van der Waals surface area (Å²) >= 11 is 0. The smallest absolute Gasteiger partial charge is 0.302 e. The topological polar surface area (TPSA) is 55.8 Å². The normalized spacial score (nSPS) is 11.5. The third kappa shape index (κ3) is 23.4. The maximum Gasteiger partial charge on any atom is 0.472 e. The van der Waals surface area contributed by atoms with E-state index in [2.05, 4.69) is 13.8 Å². The summed E-state index contributed by atoms with van der Waals surface area (Å²) in [6.45, 7) is 5.09. The molecule has 0 aromatic rings. The minimum Gasteiger partial charge on any atom is -0.302 e. The molecular formula is C20H43CaO4P. The Bertz CT molecular complexity index is 290. The van der Waals surface area contributed by atoms with Crippen molar-refractivity contribution in [3.63, 3.8) is 0 Å². The first kappa shape index (κ1) is 29.6. The summed E-state index contributed by atoms with van der Waals surface area (Å²) in [6.07, 6.45) is 19.1. The zero-order chi connectivity index (χ0) is 18.6. The molecule has 26 heavy (non-hydrogen) atoms. The molecular weight excluding hydrogens is 375 g/mol. The second-order valence-electron chi connectivity index (χ2n) is 7.08. The van der Waals surface area contributed by atoms with Gasteiger partial charge in [0.05, 0.1) is 13.2 Å². The van der Waals surface area contributed by atoms with Gasteiger partial charge in [-0.1, -0.05) is 104 Å². The van der Waals surface area contributed by atoms with E-state index in [1.807, 2.05) is 0 Å². The molecule has 1 N–H and O–H groups in total. The summed E-state index contributed by atoms with van der Waals surface area (Å²) < 4.78 is 21.8. The van der Waals surface area contributed by atoms with Gasteiger partial charge in [0, 0.05) is 37.7 Å². The fraction of sp³-hybridized carbons (Fsp3) is 1.00. The van der Waals surface area contributed by atoms with Gasteiger partial charge in [-0.05, 0) is 12.8 Å². The van der Waals surface area contributed by atoms with Crippen LogP contribution in [0.5, 0.6) is 0 Å². The third-order valence-electron chi connectivity index (χ3n) is 4.50. The summed E-state index contributed by atoms with van der Waals surface area (Å²) in [5.41, 5.74) is 0. The van der Waals surface area contributed by atoms with E-state index in [0.29, 0.717) is 13.2 Å². The molecule has 0 spiro atoms. The molecule has 0 aromatic carbocycles. The minimum atomic E-state index is -3.83. The predicted molar refractivity (Wildman–Crippen MR) is 113 cm³/mol. The Balaban J connectivity index is 0. The molecule has 4 nitrogen and oxygen atoms in total. The Morgan fingerprint density at radius 3 is 1.15 bits per heavy atom. The van der Waals surface area contributed by atoms with E-state index in [1.165, 1.54) is 77.0 Å². The van der Waals surface area contributed by atoms with Crippen LogP contribution in [0.15, 0.2) is 0 Å². The van der Waals surface area contributed by atoms with Gasteiger partial charge in [-0.25, -0.2) is 4.57 Å². The molecule has 0 aliphatic heterocycles. The minimum absolute atomic E-state index is 0. The molecule has 0 aliphatic rings. The first-order valence-corrected chi connectivity index (χ1v) is 12.2. The Labute approximate surface area is 192 Å². The van der Waals surface area contributed by atoms with Crippen molar-refractivity contribution in [2.45, 2.75) is 117 Å². The van der Waals surface area contributed by atoms with Crippen molar-refractivity contribution in [1.82, 2.24) is 0 Å². The van der Waals surface area contributed by atoms with E-state index in [1.54, 1.807) is 0 Å². The van der Waals surface area contributed by atoms with Crippen LogP contribution in [0.2, 0.25) is 0 Å². The van der Waals surface area contributed by atoms with E-state index >= 15 is 0 Å². The van der Waals surface area contributed by atoms with Crippen molar-refractivity contribution < 1.29 is 18.5 Å². The molecule has 2 radical (unpaired) electrons. The van der Waals surface area contributed by atoms with Gasteiger partial charge < -0.3 is 4.89 Å². The number of rotatable bonds is 20. The molecule has 0 amide bonds. The molecule has 0 fully saturated rings. The van der Waals surface area contributed by atoms with Crippen molar-refractivity contribution in [2.24, 2.45) is 0 Å². The van der Waals surface area contributed by atoms with Gasteiger partial charge in [0.2, 0.25) is 0 Å². The largest absolute Gasteiger partial charge is 0.472 e. The monoisotopic (exact) mass is 418 g/mol. The van der Waals surface area contributed by atoms with Crippen LogP contribution < -0.4 is 0 Å². The molecule has 0 saturated heterocycles. The SMILES string of the molecule is CCCCCCCCCCOP(=O)(O)OCCCCCCCCCC.[Ca]. The predicted octanol–water partition coefficient (Wildman–Crippen LogP) is 7.02. The van der Waals surface area contributed by atoms with E-state index < -0.39 is 7.82 Å². The molecule has 0 rings (SSSR count). The molecule has 6 heteroatoms. The zero-order valence-electron chi connectivity index (χ0n) is 17.6. The Kier molecular flexibility index (Phi) is 25.8. The van der Waals surface area contributed by atoms with E-state index in [0.717, 1.165) is 25.7 Å². The number of hydrogen-bond acceptors (Lipinski definition) is 3. The molecule has 0 saturated carbocycles. The van der Waals surface area contributed by atoms with Crippen LogP contribution in [0.25, 0.3) is 0 Å². The fourth-order valence-electron chi connectivity index (χ4n) is 2.87. The van der Waals surface area contributed by atoms with Crippen LogP contribution in [0.1, 0.15) is 117 Å². The van der Waals surface area contributed by atoms with Gasteiger partial charge in [0.15, 0.2) is 0 Å². The van der Waals surface area contributed by atoms with Crippen molar-refractivity contribution in [3.8, 4) is 0 Å². The summed E-state index contributed by atoms with van der Waals surface area (Å²) in [5, 5.41) is 0. The van der Waals surface area contributed by atoms with Crippen molar-refractivity contribution >= 4 is 45.6 Å². The average Bonchev–Trinajstić information content (AvgIpc) is 2.59. The van der Waals surface area contributed by atoms with Crippen molar-refractivity contribution in [3.05, 3.63) is 0 Å². The molecule has 0 atom stereocenters. The summed E-state index contributed by atoms with van der Waals surface area (Å²) in [6, 6.07) is 0. The third-order valence-corrected chi connectivity index (χ3v) is 5.52. The number of unbranched alkanes of at least 4 members (excludes halogenated alkanes) is 14. The van der Waals surface area contributed by atoms with Gasteiger partial charge in [0.25, 0.3) is 0 Å². The molecule has 0 aromatic heterocycles. The standard InChI is InChI=1S/C20H43O4P.Ca/c1-3-5-7-9-11-13-15-17-19-23-25(21,22)24-20-18-16-14-12-10-8-6-4-2;/h3-20H2,1-2H3,(H,21,22);. The van der Waals surface area contributed by atoms with Crippen LogP contribution in [-0.2, 0) is 13.6 Å². The molecule has 154 valence electrons. The second kappa shape index (κ2) is 22.7. The number of hydrogen-bond donors (Lipinski definition) is 1. The van der Waals surface area contributed by atoms with Gasteiger partial charge in [0.1, 0.15) is 0 Å². The van der Waals surface area contributed by atoms with Crippen LogP contribution in [0, 0.1) is 0 Å². The Morgan fingerprint density at radius 2 is 0.846 bits per heavy atom. The Hall–Kier alpha value is 1.37. The van der Waals surface area contributed by atoms with Gasteiger partial charge >= 0.3 is 7.82 Å². The Morgan fingerprint density at radius 1 is 0.577 bits per heavy atom. The van der Waals surface area contributed by atoms with Gasteiger partial charge in [-0.15, -0.1) is 0 Å². The molecule has 0 heterocycles. The summed E-state index contributed by atoms with van der Waals surface area (Å²) in [4.78, 5) is 9.63. The second-order valence-corrected chi connectivity index (χ2v) is 8.54. The zero-order valence-corrected chi connectivity index (χ0v) is 20.7. The van der Waals surface area contributed by atoms with Crippen molar-refractivity contribution in [2.75, 3.05) is 13.2 Å². The quantitative estimate of drug-likeness (QED) is 0.131. The number of phosphoric acid groups is 1. The van der Waals surface area contributed by atoms with Crippen LogP contribution in [-0.4, -0.2) is 55.8 Å². The van der Waals surface area contributed by atoms with Crippen LogP contribution >= 0.6 is 7.82 Å². The molecule has 0 unspecified atom stereocenters. The first-order chi connectivity index (χ1) is 12.1. The van der Waals surface area contributed by atoms with Gasteiger partial charge in [-0.3, -0.25) is 9.05 Å². The van der Waals surface area contributed by atoms with E-state index in [-0.39, 0.29) is 37.7 Å². The van der Waals surface area contributed by atoms with Crippen LogP contribution in [0.3, 0.4) is 0 Å². The van der Waals surface area contributed by atoms with E-state index in [9.17, 15) is 9.46 Å². The molecule has 0 aliphatic carbocycles. The number of phosphoric ester groups is 1. The van der Waals surface area contributed by atoms with E-state index in [4.69, 9.17) is 9.05 Å². The molecule has 0 bridgehead atoms. The fourth-order valence-corrected chi connectivity index (χ4v) is 3.66. The summed E-state index contributed by atoms with van der Waals surface area (Å²) in [7, 11) is -3.83. The summed E-state index contributed by atoms with van der Waals surface area (Å²) in [5.74, 6) is 0. The van der Waals surface area contributed by atoms with Crippen molar-refractivity contribution in [1.29, 1.82) is 0 Å². The maximum atomic E-state index is 11.7. The first-order valence-electron chi connectivity index (χ1n) is 10.7. The van der Waals surface area contributed by atoms with Crippen LogP contribution in [0.4, 0.5) is 0 Å². The maximum absolute atomic E-state index is 11.7. The average molecular weight is 419 g/mol. The van der Waals surface area contributed by atoms with Gasteiger partial charge in [-0.2, -0.15) is 0 Å².